The normalized spacial score (nSPS) is 21.0. The van der Waals surface area contributed by atoms with Crippen molar-refractivity contribution in [3.8, 4) is 33.4 Å². The van der Waals surface area contributed by atoms with E-state index in [-0.39, 0.29) is 21.7 Å². The standard InChI is InChI=1S/C71H77N/c1-67(2,3)48-28-33-53-54-34-29-49(68(4,5)6)37-59(54)71(58(53)36-48)60-38-50(69(7,8)9)30-35-55(60)65-61(71)39-51(70(10,11)12)40-62(65)72(52-31-26-43(27-32-52)42-16-14-13-15-17-42)66-63-46-22-18-44(19-23-46)56(63)41-57-45-20-24-47(25-21-45)64(57)66/h13-17,26-41,44-47H,18-25H2,1-12H3. The molecule has 2 fully saturated rings. The Hall–Kier alpha value is -5.66. The fourth-order valence-corrected chi connectivity index (χ4v) is 15.1. The fourth-order valence-electron chi connectivity index (χ4n) is 15.1. The zero-order chi connectivity index (χ0) is 50.0. The van der Waals surface area contributed by atoms with E-state index in [0.717, 1.165) is 0 Å². The Bertz CT molecular complexity index is 3220. The van der Waals surface area contributed by atoms with Crippen molar-refractivity contribution in [3.05, 3.63) is 194 Å². The van der Waals surface area contributed by atoms with Crippen molar-refractivity contribution in [2.24, 2.45) is 0 Å². The van der Waals surface area contributed by atoms with Gasteiger partial charge in [-0.3, -0.25) is 0 Å². The lowest BCUT2D eigenvalue weighted by Gasteiger charge is -2.48. The molecule has 1 spiro atoms. The molecule has 4 bridgehead atoms. The molecule has 0 amide bonds. The van der Waals surface area contributed by atoms with Crippen molar-refractivity contribution in [2.45, 2.75) is 185 Å². The van der Waals surface area contributed by atoms with Gasteiger partial charge in [0.2, 0.25) is 0 Å². The molecule has 0 radical (unpaired) electrons. The van der Waals surface area contributed by atoms with Crippen LogP contribution in [0.25, 0.3) is 33.4 Å². The minimum Gasteiger partial charge on any atom is -0.309 e. The molecule has 1 heteroatoms. The first kappa shape index (κ1) is 46.1. The highest BCUT2D eigenvalue weighted by molar-refractivity contribution is 6.03. The van der Waals surface area contributed by atoms with Gasteiger partial charge in [0.1, 0.15) is 0 Å². The second kappa shape index (κ2) is 15.7. The van der Waals surface area contributed by atoms with Crippen LogP contribution < -0.4 is 4.90 Å². The summed E-state index contributed by atoms with van der Waals surface area (Å²) in [5.41, 5.74) is 29.7. The zero-order valence-electron chi connectivity index (χ0n) is 45.5. The van der Waals surface area contributed by atoms with Crippen LogP contribution in [0.1, 0.15) is 225 Å². The third-order valence-corrected chi connectivity index (χ3v) is 19.1. The van der Waals surface area contributed by atoms with Gasteiger partial charge < -0.3 is 4.90 Å². The maximum atomic E-state index is 2.91. The first-order valence-corrected chi connectivity index (χ1v) is 28.0. The molecular formula is C71H77N. The van der Waals surface area contributed by atoms with Crippen molar-refractivity contribution in [3.63, 3.8) is 0 Å². The molecule has 0 atom stereocenters. The molecule has 0 saturated heterocycles. The van der Waals surface area contributed by atoms with Gasteiger partial charge in [-0.25, -0.2) is 0 Å². The molecule has 15 rings (SSSR count). The summed E-state index contributed by atoms with van der Waals surface area (Å²) in [5, 5.41) is 0. The number of hydrogen-bond acceptors (Lipinski definition) is 1. The monoisotopic (exact) mass is 944 g/mol. The SMILES string of the molecule is CC(C)(C)c1ccc2c(c1)C1(c3cc(C(C)(C)C)ccc3-2)c2cc(C(C)(C)C)ccc2-c2c(N(c3ccc(-c4ccccc4)cc3)c3c4c(cc5c3C3CCC5CC3)C3CCC4CC3)cc(C(C)(C)C)cc21. The van der Waals surface area contributed by atoms with Gasteiger partial charge in [0.25, 0.3) is 0 Å². The molecule has 0 aliphatic heterocycles. The first-order chi connectivity index (χ1) is 34.2. The van der Waals surface area contributed by atoms with E-state index < -0.39 is 5.41 Å². The van der Waals surface area contributed by atoms with Crippen LogP contribution in [0.5, 0.6) is 0 Å². The van der Waals surface area contributed by atoms with E-state index in [4.69, 9.17) is 0 Å². The Balaban J connectivity index is 1.21. The van der Waals surface area contributed by atoms with E-state index in [0.29, 0.717) is 23.7 Å². The lowest BCUT2D eigenvalue weighted by Crippen LogP contribution is -2.31. The van der Waals surface area contributed by atoms with E-state index in [1.165, 1.54) is 141 Å². The number of anilines is 3. The fraction of sp³-hybridized carbons (Fsp3) is 0.408. The summed E-state index contributed by atoms with van der Waals surface area (Å²) in [4.78, 5) is 2.91. The largest absolute Gasteiger partial charge is 0.309 e. The third kappa shape index (κ3) is 6.76. The number of nitrogens with zero attached hydrogens (tertiary/aromatic N) is 1. The Morgan fingerprint density at radius 2 is 0.778 bits per heavy atom. The number of hydrogen-bond donors (Lipinski definition) is 0. The van der Waals surface area contributed by atoms with Gasteiger partial charge in [-0.15, -0.1) is 0 Å². The van der Waals surface area contributed by atoms with Gasteiger partial charge >= 0.3 is 0 Å². The van der Waals surface area contributed by atoms with E-state index in [1.807, 2.05) is 0 Å². The minimum atomic E-state index is -0.536. The molecule has 72 heavy (non-hydrogen) atoms. The Morgan fingerprint density at radius 3 is 1.24 bits per heavy atom. The van der Waals surface area contributed by atoms with Crippen LogP contribution in [0.2, 0.25) is 0 Å². The van der Waals surface area contributed by atoms with Crippen molar-refractivity contribution >= 4 is 17.1 Å². The molecule has 7 aromatic carbocycles. The summed E-state index contributed by atoms with van der Waals surface area (Å²) in [7, 11) is 0. The summed E-state index contributed by atoms with van der Waals surface area (Å²) in [6, 6.07) is 51.9. The summed E-state index contributed by atoms with van der Waals surface area (Å²) in [5.74, 6) is 2.49. The average Bonchev–Trinajstić information content (AvgIpc) is 3.83. The Labute approximate surface area is 432 Å². The second-order valence-electron chi connectivity index (χ2n) is 27.5. The summed E-state index contributed by atoms with van der Waals surface area (Å²) < 4.78 is 0. The topological polar surface area (TPSA) is 3.24 Å². The molecule has 0 aromatic heterocycles. The van der Waals surface area contributed by atoms with Crippen LogP contribution >= 0.6 is 0 Å². The van der Waals surface area contributed by atoms with Crippen molar-refractivity contribution < 1.29 is 0 Å². The Kier molecular flexibility index (Phi) is 10.1. The third-order valence-electron chi connectivity index (χ3n) is 19.1. The van der Waals surface area contributed by atoms with Crippen LogP contribution in [0.3, 0.4) is 0 Å². The lowest BCUT2D eigenvalue weighted by atomic mass is 9.60. The smallest absolute Gasteiger partial charge is 0.0726 e. The molecule has 1 nitrogen and oxygen atoms in total. The molecule has 7 aromatic rings. The highest BCUT2D eigenvalue weighted by atomic mass is 15.2. The summed E-state index contributed by atoms with van der Waals surface area (Å²) in [6.07, 6.45) is 10.6. The van der Waals surface area contributed by atoms with Gasteiger partial charge in [0.05, 0.1) is 16.8 Å². The van der Waals surface area contributed by atoms with Crippen molar-refractivity contribution in [1.82, 2.24) is 0 Å². The number of fused-ring (bicyclic) bond motifs is 14. The molecule has 0 heterocycles. The van der Waals surface area contributed by atoms with E-state index in [9.17, 15) is 0 Å². The predicted molar refractivity (Wildman–Crippen MR) is 306 cm³/mol. The van der Waals surface area contributed by atoms with Crippen LogP contribution in [0.4, 0.5) is 17.1 Å². The van der Waals surface area contributed by atoms with Gasteiger partial charge in [0.15, 0.2) is 0 Å². The highest BCUT2D eigenvalue weighted by Crippen LogP contribution is 2.68. The average molecular weight is 944 g/mol. The van der Waals surface area contributed by atoms with Crippen molar-refractivity contribution in [1.29, 1.82) is 0 Å². The molecule has 0 N–H and O–H groups in total. The summed E-state index contributed by atoms with van der Waals surface area (Å²) in [6.45, 7) is 29.0. The van der Waals surface area contributed by atoms with Gasteiger partial charge in [-0.05, 0) is 209 Å². The zero-order valence-corrected chi connectivity index (χ0v) is 45.5. The highest BCUT2D eigenvalue weighted by Gasteiger charge is 2.55. The first-order valence-electron chi connectivity index (χ1n) is 28.0. The van der Waals surface area contributed by atoms with Crippen molar-refractivity contribution in [2.75, 3.05) is 4.90 Å². The second-order valence-corrected chi connectivity index (χ2v) is 27.5. The maximum Gasteiger partial charge on any atom is 0.0726 e. The molecule has 2 saturated carbocycles. The summed E-state index contributed by atoms with van der Waals surface area (Å²) >= 11 is 0. The van der Waals surface area contributed by atoms with Crippen LogP contribution in [0, 0.1) is 0 Å². The van der Waals surface area contributed by atoms with E-state index in [1.54, 1.807) is 27.9 Å². The predicted octanol–water partition coefficient (Wildman–Crippen LogP) is 19.9. The molecule has 0 unspecified atom stereocenters. The Morgan fingerprint density at radius 1 is 0.375 bits per heavy atom. The van der Waals surface area contributed by atoms with E-state index in [2.05, 4.69) is 215 Å². The van der Waals surface area contributed by atoms with Gasteiger partial charge in [0, 0.05) is 11.3 Å². The number of rotatable bonds is 4. The minimum absolute atomic E-state index is 0.0233. The molecular weight excluding hydrogens is 867 g/mol. The van der Waals surface area contributed by atoms with E-state index >= 15 is 0 Å². The molecule has 8 aliphatic carbocycles. The molecule has 366 valence electrons. The molecule has 8 aliphatic rings. The maximum absolute atomic E-state index is 2.91. The van der Waals surface area contributed by atoms with Crippen LogP contribution in [-0.2, 0) is 27.1 Å². The quantitative estimate of drug-likeness (QED) is 0.170. The lowest BCUT2D eigenvalue weighted by molar-refractivity contribution is 0.342. The van der Waals surface area contributed by atoms with Crippen LogP contribution in [0.15, 0.2) is 127 Å². The van der Waals surface area contributed by atoms with Crippen LogP contribution in [-0.4, -0.2) is 0 Å². The van der Waals surface area contributed by atoms with Gasteiger partial charge in [-0.1, -0.05) is 192 Å². The van der Waals surface area contributed by atoms with Gasteiger partial charge in [-0.2, -0.15) is 0 Å². The number of benzene rings is 7.